The fraction of sp³-hybridized carbons (Fsp3) is 0.222. The third kappa shape index (κ3) is 4.54. The van der Waals surface area contributed by atoms with Gasteiger partial charge in [-0.05, 0) is 49.0 Å². The van der Waals surface area contributed by atoms with Crippen LogP contribution in [0, 0.1) is 0 Å². The van der Waals surface area contributed by atoms with Crippen molar-refractivity contribution in [3.63, 3.8) is 0 Å². The van der Waals surface area contributed by atoms with Crippen molar-refractivity contribution in [2.75, 3.05) is 26.2 Å². The van der Waals surface area contributed by atoms with Gasteiger partial charge in [0.15, 0.2) is 5.76 Å². The minimum atomic E-state index is -0.134. The van der Waals surface area contributed by atoms with E-state index in [1.807, 2.05) is 66.7 Å². The van der Waals surface area contributed by atoms with Gasteiger partial charge in [-0.3, -0.25) is 4.79 Å². The Hall–Kier alpha value is -3.37. The molecule has 4 heteroatoms. The average molecular weight is 414 g/mol. The molecule has 0 spiro atoms. The molecule has 3 aromatic carbocycles. The van der Waals surface area contributed by atoms with Crippen LogP contribution in [0.15, 0.2) is 83.3 Å². The second-order valence-corrected chi connectivity index (χ2v) is 7.40. The minimum absolute atomic E-state index is 0.134. The molecular weight excluding hydrogens is 386 g/mol. The zero-order valence-corrected chi connectivity index (χ0v) is 18.0. The third-order valence-electron chi connectivity index (χ3n) is 5.55. The van der Waals surface area contributed by atoms with Crippen LogP contribution in [-0.4, -0.2) is 36.9 Å². The fourth-order valence-electron chi connectivity index (χ4n) is 3.76. The SMILES string of the molecule is CCN(CC)CCOc1ccc(C(=O)c2oc3ccccc3c2-c2ccccc2)cc1. The predicted molar refractivity (Wildman–Crippen MR) is 125 cm³/mol. The lowest BCUT2D eigenvalue weighted by Crippen LogP contribution is -2.27. The normalized spacial score (nSPS) is 11.2. The van der Waals surface area contributed by atoms with Gasteiger partial charge in [-0.2, -0.15) is 0 Å². The summed E-state index contributed by atoms with van der Waals surface area (Å²) in [5.41, 5.74) is 3.08. The molecule has 4 rings (SSSR count). The van der Waals surface area contributed by atoms with Crippen molar-refractivity contribution in [3.05, 3.63) is 90.2 Å². The summed E-state index contributed by atoms with van der Waals surface area (Å²) in [5, 5.41) is 0.938. The molecule has 4 nitrogen and oxygen atoms in total. The largest absolute Gasteiger partial charge is 0.492 e. The number of rotatable bonds is 9. The van der Waals surface area contributed by atoms with Crippen LogP contribution in [0.1, 0.15) is 30.0 Å². The molecule has 0 atom stereocenters. The van der Waals surface area contributed by atoms with E-state index in [4.69, 9.17) is 9.15 Å². The van der Waals surface area contributed by atoms with Crippen LogP contribution >= 0.6 is 0 Å². The quantitative estimate of drug-likeness (QED) is 0.313. The standard InChI is InChI=1S/C27H27NO3/c1-3-28(4-2)18-19-30-22-16-14-21(15-17-22)26(29)27-25(20-10-6-5-7-11-20)23-12-8-9-13-24(23)31-27/h5-17H,3-4,18-19H2,1-2H3. The molecule has 0 fully saturated rings. The molecule has 0 radical (unpaired) electrons. The summed E-state index contributed by atoms with van der Waals surface area (Å²) in [5.74, 6) is 0.990. The van der Waals surface area contributed by atoms with Crippen molar-refractivity contribution in [1.29, 1.82) is 0 Å². The van der Waals surface area contributed by atoms with Gasteiger partial charge in [-0.15, -0.1) is 0 Å². The van der Waals surface area contributed by atoms with E-state index >= 15 is 0 Å². The maximum atomic E-state index is 13.4. The van der Waals surface area contributed by atoms with Crippen molar-refractivity contribution in [2.45, 2.75) is 13.8 Å². The number of para-hydroxylation sites is 1. The highest BCUT2D eigenvalue weighted by Gasteiger charge is 2.22. The minimum Gasteiger partial charge on any atom is -0.492 e. The molecule has 0 amide bonds. The Morgan fingerprint density at radius 1 is 0.871 bits per heavy atom. The molecule has 0 aliphatic rings. The second kappa shape index (κ2) is 9.63. The summed E-state index contributed by atoms with van der Waals surface area (Å²) in [4.78, 5) is 15.7. The lowest BCUT2D eigenvalue weighted by molar-refractivity contribution is 0.101. The van der Waals surface area contributed by atoms with Crippen LogP contribution in [0.3, 0.4) is 0 Å². The number of benzene rings is 3. The number of fused-ring (bicyclic) bond motifs is 1. The highest BCUT2D eigenvalue weighted by Crippen LogP contribution is 2.36. The fourth-order valence-corrected chi connectivity index (χ4v) is 3.76. The molecule has 0 aliphatic heterocycles. The highest BCUT2D eigenvalue weighted by molar-refractivity contribution is 6.15. The monoisotopic (exact) mass is 413 g/mol. The summed E-state index contributed by atoms with van der Waals surface area (Å²) >= 11 is 0. The number of nitrogens with zero attached hydrogens (tertiary/aromatic N) is 1. The van der Waals surface area contributed by atoms with Crippen LogP contribution < -0.4 is 4.74 Å². The van der Waals surface area contributed by atoms with Gasteiger partial charge >= 0.3 is 0 Å². The van der Waals surface area contributed by atoms with Crippen molar-refractivity contribution in [1.82, 2.24) is 4.90 Å². The number of ketones is 1. The van der Waals surface area contributed by atoms with E-state index in [0.29, 0.717) is 23.5 Å². The maximum absolute atomic E-state index is 13.4. The smallest absolute Gasteiger partial charge is 0.228 e. The number of hydrogen-bond donors (Lipinski definition) is 0. The molecule has 0 bridgehead atoms. The molecular formula is C27H27NO3. The Balaban J connectivity index is 1.59. The van der Waals surface area contributed by atoms with Gasteiger partial charge in [-0.1, -0.05) is 62.4 Å². The van der Waals surface area contributed by atoms with Crippen LogP contribution in [0.4, 0.5) is 0 Å². The molecule has 4 aromatic rings. The molecule has 0 saturated carbocycles. The summed E-state index contributed by atoms with van der Waals surface area (Å²) in [6, 6.07) is 25.0. The summed E-state index contributed by atoms with van der Waals surface area (Å²) in [6.07, 6.45) is 0. The van der Waals surface area contributed by atoms with E-state index in [1.165, 1.54) is 0 Å². The predicted octanol–water partition coefficient (Wildman–Crippen LogP) is 6.05. The Kier molecular flexibility index (Phi) is 6.48. The second-order valence-electron chi connectivity index (χ2n) is 7.40. The molecule has 0 aliphatic carbocycles. The van der Waals surface area contributed by atoms with Crippen LogP contribution in [0.2, 0.25) is 0 Å². The Bertz CT molecular complexity index is 1140. The molecule has 1 aromatic heterocycles. The van der Waals surface area contributed by atoms with E-state index in [9.17, 15) is 4.79 Å². The van der Waals surface area contributed by atoms with Crippen molar-refractivity contribution in [2.24, 2.45) is 0 Å². The third-order valence-corrected chi connectivity index (χ3v) is 5.55. The summed E-state index contributed by atoms with van der Waals surface area (Å²) < 4.78 is 11.9. The number of carbonyl (C=O) groups is 1. The van der Waals surface area contributed by atoms with Gasteiger partial charge in [-0.25, -0.2) is 0 Å². The molecule has 0 saturated heterocycles. The van der Waals surface area contributed by atoms with Crippen LogP contribution in [-0.2, 0) is 0 Å². The van der Waals surface area contributed by atoms with E-state index in [2.05, 4.69) is 18.7 Å². The molecule has 0 unspecified atom stereocenters. The number of carbonyl (C=O) groups excluding carboxylic acids is 1. The molecule has 31 heavy (non-hydrogen) atoms. The number of hydrogen-bond acceptors (Lipinski definition) is 4. The van der Waals surface area contributed by atoms with Crippen LogP contribution in [0.5, 0.6) is 5.75 Å². The number of likely N-dealkylation sites (N-methyl/N-ethyl adjacent to an activating group) is 1. The Morgan fingerprint density at radius 3 is 2.26 bits per heavy atom. The van der Waals surface area contributed by atoms with E-state index in [0.717, 1.165) is 41.9 Å². The summed E-state index contributed by atoms with van der Waals surface area (Å²) in [6.45, 7) is 7.81. The first-order valence-corrected chi connectivity index (χ1v) is 10.8. The van der Waals surface area contributed by atoms with E-state index < -0.39 is 0 Å². The van der Waals surface area contributed by atoms with Gasteiger partial charge in [0, 0.05) is 23.1 Å². The number of ether oxygens (including phenoxy) is 1. The first-order chi connectivity index (χ1) is 15.2. The van der Waals surface area contributed by atoms with Crippen molar-refractivity contribution in [3.8, 4) is 16.9 Å². The molecule has 1 heterocycles. The van der Waals surface area contributed by atoms with E-state index in [1.54, 1.807) is 12.1 Å². The Morgan fingerprint density at radius 2 is 1.55 bits per heavy atom. The van der Waals surface area contributed by atoms with Gasteiger partial charge < -0.3 is 14.1 Å². The average Bonchev–Trinajstić information content (AvgIpc) is 3.22. The summed E-state index contributed by atoms with van der Waals surface area (Å²) in [7, 11) is 0. The lowest BCUT2D eigenvalue weighted by atomic mass is 9.98. The van der Waals surface area contributed by atoms with Crippen molar-refractivity contribution < 1.29 is 13.9 Å². The lowest BCUT2D eigenvalue weighted by Gasteiger charge is -2.18. The number of furan rings is 1. The first kappa shape index (κ1) is 20.9. The first-order valence-electron chi connectivity index (χ1n) is 10.8. The van der Waals surface area contributed by atoms with Gasteiger partial charge in [0.1, 0.15) is 17.9 Å². The van der Waals surface area contributed by atoms with Crippen molar-refractivity contribution >= 4 is 16.8 Å². The van der Waals surface area contributed by atoms with Gasteiger partial charge in [0.2, 0.25) is 5.78 Å². The highest BCUT2D eigenvalue weighted by atomic mass is 16.5. The molecule has 158 valence electrons. The zero-order valence-electron chi connectivity index (χ0n) is 18.0. The molecule has 0 N–H and O–H groups in total. The Labute approximate surface area is 183 Å². The van der Waals surface area contributed by atoms with Crippen LogP contribution in [0.25, 0.3) is 22.1 Å². The zero-order chi connectivity index (χ0) is 21.6. The topological polar surface area (TPSA) is 42.7 Å². The van der Waals surface area contributed by atoms with Gasteiger partial charge in [0.25, 0.3) is 0 Å². The van der Waals surface area contributed by atoms with Gasteiger partial charge in [0.05, 0.1) is 0 Å². The van der Waals surface area contributed by atoms with E-state index in [-0.39, 0.29) is 5.78 Å². The maximum Gasteiger partial charge on any atom is 0.228 e.